The standard InChI is InChI=1S/C23H20FN5O2/c1-14(30)29-10-4-6-20(29)16-11-18-19(28-23(27-18)17-5-2-3-9-25-17)12-21(16)31-15-7-8-22(24)26-13-15/h2-3,5,7-9,11-13,20H,4,6,10H2,1H3,(H,27,28). The second-order valence-electron chi connectivity index (χ2n) is 7.50. The van der Waals surface area contributed by atoms with Crippen LogP contribution in [0, 0.1) is 5.95 Å². The van der Waals surface area contributed by atoms with Gasteiger partial charge < -0.3 is 14.6 Å². The summed E-state index contributed by atoms with van der Waals surface area (Å²) in [5.41, 5.74) is 3.15. The van der Waals surface area contributed by atoms with E-state index in [0.717, 1.165) is 29.6 Å². The van der Waals surface area contributed by atoms with Crippen LogP contribution < -0.4 is 4.74 Å². The first-order valence-corrected chi connectivity index (χ1v) is 10.1. The van der Waals surface area contributed by atoms with Crippen molar-refractivity contribution in [2.75, 3.05) is 6.54 Å². The maximum Gasteiger partial charge on any atom is 0.219 e. The number of halogens is 1. The molecular formula is C23H20FN5O2. The van der Waals surface area contributed by atoms with Crippen LogP contribution in [0.1, 0.15) is 31.4 Å². The Hall–Kier alpha value is -3.81. The molecule has 1 amide bonds. The number of aromatic amines is 1. The highest BCUT2D eigenvalue weighted by Crippen LogP contribution is 2.40. The zero-order valence-corrected chi connectivity index (χ0v) is 16.9. The van der Waals surface area contributed by atoms with E-state index in [1.807, 2.05) is 35.2 Å². The van der Waals surface area contributed by atoms with Crippen molar-refractivity contribution in [3.05, 3.63) is 66.4 Å². The van der Waals surface area contributed by atoms with Gasteiger partial charge in [0.15, 0.2) is 5.82 Å². The average Bonchev–Trinajstić information content (AvgIpc) is 3.42. The van der Waals surface area contributed by atoms with Crippen LogP contribution in [-0.4, -0.2) is 37.3 Å². The third kappa shape index (κ3) is 3.72. The van der Waals surface area contributed by atoms with Crippen LogP contribution >= 0.6 is 0 Å². The van der Waals surface area contributed by atoms with E-state index in [1.54, 1.807) is 13.1 Å². The Morgan fingerprint density at radius 2 is 2.13 bits per heavy atom. The highest BCUT2D eigenvalue weighted by molar-refractivity contribution is 5.82. The molecule has 0 aliphatic carbocycles. The lowest BCUT2D eigenvalue weighted by Gasteiger charge is -2.25. The molecule has 3 aromatic heterocycles. The number of carbonyl (C=O) groups excluding carboxylic acids is 1. The quantitative estimate of drug-likeness (QED) is 0.489. The molecule has 1 aliphatic heterocycles. The van der Waals surface area contributed by atoms with Gasteiger partial charge in [-0.3, -0.25) is 9.78 Å². The minimum Gasteiger partial charge on any atom is -0.455 e. The second kappa shape index (κ2) is 7.79. The zero-order chi connectivity index (χ0) is 21.4. The lowest BCUT2D eigenvalue weighted by molar-refractivity contribution is -0.129. The molecule has 156 valence electrons. The predicted octanol–water partition coefficient (Wildman–Crippen LogP) is 4.63. The van der Waals surface area contributed by atoms with Crippen molar-refractivity contribution in [2.24, 2.45) is 0 Å². The molecule has 7 nitrogen and oxygen atoms in total. The smallest absolute Gasteiger partial charge is 0.219 e. The van der Waals surface area contributed by atoms with E-state index in [-0.39, 0.29) is 11.9 Å². The fourth-order valence-corrected chi connectivity index (χ4v) is 4.04. The Kier molecular flexibility index (Phi) is 4.82. The maximum absolute atomic E-state index is 13.2. The number of hydrogen-bond donors (Lipinski definition) is 1. The van der Waals surface area contributed by atoms with Crippen LogP contribution in [0.4, 0.5) is 4.39 Å². The Balaban J connectivity index is 1.62. The first-order chi connectivity index (χ1) is 15.1. The van der Waals surface area contributed by atoms with Crippen LogP contribution in [0.5, 0.6) is 11.5 Å². The number of likely N-dealkylation sites (tertiary alicyclic amines) is 1. The van der Waals surface area contributed by atoms with E-state index in [2.05, 4.69) is 19.9 Å². The molecule has 1 aromatic carbocycles. The van der Waals surface area contributed by atoms with Crippen molar-refractivity contribution in [2.45, 2.75) is 25.8 Å². The summed E-state index contributed by atoms with van der Waals surface area (Å²) in [6.45, 7) is 2.29. The minimum absolute atomic E-state index is 0.0239. The topological polar surface area (TPSA) is 84.0 Å². The van der Waals surface area contributed by atoms with Crippen molar-refractivity contribution in [1.29, 1.82) is 0 Å². The second-order valence-corrected chi connectivity index (χ2v) is 7.50. The van der Waals surface area contributed by atoms with Gasteiger partial charge in [-0.1, -0.05) is 6.07 Å². The first-order valence-electron chi connectivity index (χ1n) is 10.1. The van der Waals surface area contributed by atoms with Crippen LogP contribution in [-0.2, 0) is 4.79 Å². The van der Waals surface area contributed by atoms with Gasteiger partial charge in [-0.15, -0.1) is 0 Å². The monoisotopic (exact) mass is 417 g/mol. The normalized spacial score (nSPS) is 16.1. The maximum atomic E-state index is 13.2. The number of fused-ring (bicyclic) bond motifs is 1. The van der Waals surface area contributed by atoms with Gasteiger partial charge >= 0.3 is 0 Å². The molecule has 0 spiro atoms. The number of ether oxygens (including phenoxy) is 1. The van der Waals surface area contributed by atoms with E-state index in [9.17, 15) is 9.18 Å². The SMILES string of the molecule is CC(=O)N1CCCC1c1cc2[nH]c(-c3ccccn3)nc2cc1Oc1ccc(F)nc1. The summed E-state index contributed by atoms with van der Waals surface area (Å²) < 4.78 is 19.3. The first kappa shape index (κ1) is 19.2. The van der Waals surface area contributed by atoms with Crippen molar-refractivity contribution in [3.8, 4) is 23.0 Å². The molecule has 0 bridgehead atoms. The number of H-pyrrole nitrogens is 1. The van der Waals surface area contributed by atoms with E-state index >= 15 is 0 Å². The van der Waals surface area contributed by atoms with Gasteiger partial charge in [0.05, 0.1) is 23.3 Å². The Bertz CT molecular complexity index is 1240. The van der Waals surface area contributed by atoms with Crippen molar-refractivity contribution < 1.29 is 13.9 Å². The van der Waals surface area contributed by atoms with Crippen LogP contribution in [0.2, 0.25) is 0 Å². The number of amides is 1. The van der Waals surface area contributed by atoms with Crippen molar-refractivity contribution in [3.63, 3.8) is 0 Å². The minimum atomic E-state index is -0.575. The van der Waals surface area contributed by atoms with Crippen LogP contribution in [0.3, 0.4) is 0 Å². The number of rotatable bonds is 4. The number of nitrogens with one attached hydrogen (secondary N) is 1. The summed E-state index contributed by atoms with van der Waals surface area (Å²) in [4.78, 5) is 30.1. The number of carbonyl (C=O) groups is 1. The summed E-state index contributed by atoms with van der Waals surface area (Å²) in [6, 6.07) is 12.1. The molecular weight excluding hydrogens is 397 g/mol. The molecule has 0 radical (unpaired) electrons. The van der Waals surface area contributed by atoms with Crippen LogP contribution in [0.15, 0.2) is 54.9 Å². The zero-order valence-electron chi connectivity index (χ0n) is 16.9. The van der Waals surface area contributed by atoms with Crippen molar-refractivity contribution >= 4 is 16.9 Å². The summed E-state index contributed by atoms with van der Waals surface area (Å²) >= 11 is 0. The number of hydrogen-bond acceptors (Lipinski definition) is 5. The number of nitrogens with zero attached hydrogens (tertiary/aromatic N) is 4. The molecule has 0 saturated carbocycles. The third-order valence-corrected chi connectivity index (χ3v) is 5.47. The molecule has 1 unspecified atom stereocenters. The molecule has 8 heteroatoms. The Labute approximate surface area is 177 Å². The molecule has 1 saturated heterocycles. The van der Waals surface area contributed by atoms with Gasteiger partial charge in [0, 0.05) is 31.3 Å². The van der Waals surface area contributed by atoms with E-state index in [4.69, 9.17) is 4.74 Å². The number of aromatic nitrogens is 4. The third-order valence-electron chi connectivity index (χ3n) is 5.47. The molecule has 1 atom stereocenters. The number of benzene rings is 1. The summed E-state index contributed by atoms with van der Waals surface area (Å²) in [5.74, 6) is 1.08. The van der Waals surface area contributed by atoms with Gasteiger partial charge in [0.25, 0.3) is 0 Å². The average molecular weight is 417 g/mol. The summed E-state index contributed by atoms with van der Waals surface area (Å²) in [7, 11) is 0. The largest absolute Gasteiger partial charge is 0.455 e. The lowest BCUT2D eigenvalue weighted by atomic mass is 10.0. The van der Waals surface area contributed by atoms with Gasteiger partial charge in [0.1, 0.15) is 17.2 Å². The highest BCUT2D eigenvalue weighted by atomic mass is 19.1. The fraction of sp³-hybridized carbons (Fsp3) is 0.217. The van der Waals surface area contributed by atoms with Crippen molar-refractivity contribution in [1.82, 2.24) is 24.8 Å². The molecule has 1 fully saturated rings. The Morgan fingerprint density at radius 1 is 1.23 bits per heavy atom. The van der Waals surface area contributed by atoms with E-state index in [1.165, 1.54) is 18.3 Å². The molecule has 31 heavy (non-hydrogen) atoms. The Morgan fingerprint density at radius 3 is 2.87 bits per heavy atom. The number of pyridine rings is 2. The molecule has 1 aliphatic rings. The van der Waals surface area contributed by atoms with Gasteiger partial charge in [-0.25, -0.2) is 9.97 Å². The number of imidazole rings is 1. The predicted molar refractivity (Wildman–Crippen MR) is 113 cm³/mol. The van der Waals surface area contributed by atoms with Gasteiger partial charge in [-0.2, -0.15) is 4.39 Å². The molecule has 1 N–H and O–H groups in total. The van der Waals surface area contributed by atoms with Gasteiger partial charge in [-0.05, 0) is 43.2 Å². The summed E-state index contributed by atoms with van der Waals surface area (Å²) in [5, 5.41) is 0. The fourth-order valence-electron chi connectivity index (χ4n) is 4.04. The lowest BCUT2D eigenvalue weighted by Crippen LogP contribution is -2.28. The summed E-state index contributed by atoms with van der Waals surface area (Å²) in [6.07, 6.45) is 4.81. The van der Waals surface area contributed by atoms with Gasteiger partial charge in [0.2, 0.25) is 11.9 Å². The molecule has 4 aromatic rings. The molecule has 4 heterocycles. The highest BCUT2D eigenvalue weighted by Gasteiger charge is 2.31. The van der Waals surface area contributed by atoms with Crippen LogP contribution in [0.25, 0.3) is 22.6 Å². The van der Waals surface area contributed by atoms with E-state index in [0.29, 0.717) is 29.4 Å². The van der Waals surface area contributed by atoms with E-state index < -0.39 is 5.95 Å². The molecule has 5 rings (SSSR count).